The lowest BCUT2D eigenvalue weighted by atomic mass is 10.0. The lowest BCUT2D eigenvalue weighted by Crippen LogP contribution is -2.49. The number of nitrogens with zero attached hydrogens (tertiary/aromatic N) is 1. The molecule has 1 aromatic carbocycles. The molecule has 108 valence electrons. The molecule has 1 aromatic rings. The fourth-order valence-electron chi connectivity index (χ4n) is 2.27. The number of carbonyl (C=O) groups is 2. The molecule has 0 aliphatic carbocycles. The van der Waals surface area contributed by atoms with Crippen LogP contribution in [-0.2, 0) is 4.79 Å². The van der Waals surface area contributed by atoms with Gasteiger partial charge in [0.1, 0.15) is 0 Å². The van der Waals surface area contributed by atoms with Gasteiger partial charge < -0.3 is 15.5 Å². The monoisotopic (exact) mass is 275 g/mol. The first-order valence-electron chi connectivity index (χ1n) is 6.92. The zero-order valence-corrected chi connectivity index (χ0v) is 12.0. The van der Waals surface area contributed by atoms with Crippen molar-refractivity contribution >= 4 is 11.8 Å². The van der Waals surface area contributed by atoms with Crippen molar-refractivity contribution in [2.24, 2.45) is 0 Å². The molecule has 0 spiro atoms. The van der Waals surface area contributed by atoms with Crippen molar-refractivity contribution in [3.8, 4) is 0 Å². The standard InChI is InChI=1S/C15H21N3O2/c1-11-4-3-5-13(12(11)2)15(20)17-10-14(19)18-8-6-16-7-9-18/h3-5,16H,6-10H2,1-2H3,(H,17,20). The summed E-state index contributed by atoms with van der Waals surface area (Å²) in [6.07, 6.45) is 0. The molecule has 0 unspecified atom stereocenters. The maximum atomic E-state index is 12.1. The van der Waals surface area contributed by atoms with Gasteiger partial charge in [-0.05, 0) is 31.0 Å². The van der Waals surface area contributed by atoms with Crippen LogP contribution in [0, 0.1) is 13.8 Å². The van der Waals surface area contributed by atoms with Crippen molar-refractivity contribution in [2.75, 3.05) is 32.7 Å². The second-order valence-corrected chi connectivity index (χ2v) is 5.06. The third kappa shape index (κ3) is 3.36. The fraction of sp³-hybridized carbons (Fsp3) is 0.467. The van der Waals surface area contributed by atoms with Crippen molar-refractivity contribution < 1.29 is 9.59 Å². The molecule has 1 aliphatic rings. The van der Waals surface area contributed by atoms with Crippen LogP contribution in [0.3, 0.4) is 0 Å². The van der Waals surface area contributed by atoms with Crippen molar-refractivity contribution in [3.05, 3.63) is 34.9 Å². The Kier molecular flexibility index (Phi) is 4.74. The summed E-state index contributed by atoms with van der Waals surface area (Å²) in [5, 5.41) is 5.91. The highest BCUT2D eigenvalue weighted by atomic mass is 16.2. The molecule has 1 saturated heterocycles. The third-order valence-corrected chi connectivity index (χ3v) is 3.72. The summed E-state index contributed by atoms with van der Waals surface area (Å²) < 4.78 is 0. The van der Waals surface area contributed by atoms with E-state index in [-0.39, 0.29) is 18.4 Å². The van der Waals surface area contributed by atoms with E-state index in [4.69, 9.17) is 0 Å². The second-order valence-electron chi connectivity index (χ2n) is 5.06. The summed E-state index contributed by atoms with van der Waals surface area (Å²) >= 11 is 0. The van der Waals surface area contributed by atoms with Gasteiger partial charge in [-0.25, -0.2) is 0 Å². The molecule has 0 radical (unpaired) electrons. The largest absolute Gasteiger partial charge is 0.343 e. The van der Waals surface area contributed by atoms with Gasteiger partial charge in [0.05, 0.1) is 6.54 Å². The van der Waals surface area contributed by atoms with E-state index in [1.54, 1.807) is 11.0 Å². The van der Waals surface area contributed by atoms with Crippen LogP contribution in [-0.4, -0.2) is 49.4 Å². The number of nitrogens with one attached hydrogen (secondary N) is 2. The van der Waals surface area contributed by atoms with Crippen molar-refractivity contribution in [3.63, 3.8) is 0 Å². The van der Waals surface area contributed by atoms with Crippen molar-refractivity contribution in [2.45, 2.75) is 13.8 Å². The number of amides is 2. The van der Waals surface area contributed by atoms with E-state index in [1.807, 2.05) is 26.0 Å². The summed E-state index contributed by atoms with van der Waals surface area (Å²) in [5.74, 6) is -0.208. The summed E-state index contributed by atoms with van der Waals surface area (Å²) in [5.41, 5.74) is 2.67. The van der Waals surface area contributed by atoms with Gasteiger partial charge in [-0.2, -0.15) is 0 Å². The molecule has 0 saturated carbocycles. The fourth-order valence-corrected chi connectivity index (χ4v) is 2.27. The highest BCUT2D eigenvalue weighted by Gasteiger charge is 2.17. The van der Waals surface area contributed by atoms with Gasteiger partial charge in [-0.1, -0.05) is 12.1 Å². The molecule has 1 aliphatic heterocycles. The molecule has 0 atom stereocenters. The first kappa shape index (κ1) is 14.5. The van der Waals surface area contributed by atoms with Gasteiger partial charge in [-0.15, -0.1) is 0 Å². The van der Waals surface area contributed by atoms with Crippen LogP contribution < -0.4 is 10.6 Å². The molecule has 2 rings (SSSR count). The molecule has 2 amide bonds. The quantitative estimate of drug-likeness (QED) is 0.843. The summed E-state index contributed by atoms with van der Waals surface area (Å²) in [4.78, 5) is 25.9. The zero-order valence-electron chi connectivity index (χ0n) is 12.0. The molecule has 0 aromatic heterocycles. The van der Waals surface area contributed by atoms with Crippen molar-refractivity contribution in [1.82, 2.24) is 15.5 Å². The smallest absolute Gasteiger partial charge is 0.251 e. The predicted molar refractivity (Wildman–Crippen MR) is 77.7 cm³/mol. The second kappa shape index (κ2) is 6.52. The Hall–Kier alpha value is -1.88. The Labute approximate surface area is 119 Å². The maximum absolute atomic E-state index is 12.1. The molecular weight excluding hydrogens is 254 g/mol. The minimum absolute atomic E-state index is 0.0230. The van der Waals surface area contributed by atoms with Crippen LogP contribution in [0.1, 0.15) is 21.5 Å². The Morgan fingerprint density at radius 1 is 1.25 bits per heavy atom. The molecule has 1 heterocycles. The maximum Gasteiger partial charge on any atom is 0.251 e. The van der Waals surface area contributed by atoms with Gasteiger partial charge >= 0.3 is 0 Å². The van der Waals surface area contributed by atoms with Crippen LogP contribution in [0.2, 0.25) is 0 Å². The number of rotatable bonds is 3. The Bertz CT molecular complexity index is 508. The molecule has 0 bridgehead atoms. The Morgan fingerprint density at radius 2 is 1.95 bits per heavy atom. The number of aryl methyl sites for hydroxylation is 1. The molecule has 2 N–H and O–H groups in total. The summed E-state index contributed by atoms with van der Waals surface area (Å²) in [6, 6.07) is 5.61. The number of carbonyl (C=O) groups excluding carboxylic acids is 2. The van der Waals surface area contributed by atoms with Crippen molar-refractivity contribution in [1.29, 1.82) is 0 Å². The average Bonchev–Trinajstić information content (AvgIpc) is 2.48. The van der Waals surface area contributed by atoms with Gasteiger partial charge in [0.2, 0.25) is 5.91 Å². The van der Waals surface area contributed by atoms with Gasteiger partial charge in [-0.3, -0.25) is 9.59 Å². The van der Waals surface area contributed by atoms with E-state index >= 15 is 0 Å². The normalized spacial score (nSPS) is 15.0. The molecule has 5 heteroatoms. The summed E-state index contributed by atoms with van der Waals surface area (Å²) in [6.45, 7) is 7.00. The van der Waals surface area contributed by atoms with Crippen LogP contribution in [0.4, 0.5) is 0 Å². The number of piperazine rings is 1. The number of hydrogen-bond acceptors (Lipinski definition) is 3. The lowest BCUT2D eigenvalue weighted by molar-refractivity contribution is -0.130. The van der Waals surface area contributed by atoms with E-state index in [1.165, 1.54) is 0 Å². The average molecular weight is 275 g/mol. The highest BCUT2D eigenvalue weighted by molar-refractivity contribution is 5.97. The van der Waals surface area contributed by atoms with Crippen LogP contribution in [0.25, 0.3) is 0 Å². The third-order valence-electron chi connectivity index (χ3n) is 3.72. The first-order chi connectivity index (χ1) is 9.59. The van der Waals surface area contributed by atoms with Gasteiger partial charge in [0.25, 0.3) is 5.91 Å². The van der Waals surface area contributed by atoms with E-state index in [2.05, 4.69) is 10.6 Å². The molecule has 1 fully saturated rings. The predicted octanol–water partition coefficient (Wildman–Crippen LogP) is 0.465. The summed E-state index contributed by atoms with van der Waals surface area (Å²) in [7, 11) is 0. The van der Waals surface area contributed by atoms with E-state index in [0.717, 1.165) is 24.2 Å². The van der Waals surface area contributed by atoms with E-state index in [0.29, 0.717) is 18.7 Å². The topological polar surface area (TPSA) is 61.4 Å². The SMILES string of the molecule is Cc1cccc(C(=O)NCC(=O)N2CCNCC2)c1C. The Balaban J connectivity index is 1.91. The Morgan fingerprint density at radius 3 is 2.65 bits per heavy atom. The van der Waals surface area contributed by atoms with Crippen LogP contribution in [0.5, 0.6) is 0 Å². The number of hydrogen-bond donors (Lipinski definition) is 2. The number of benzene rings is 1. The molecule has 20 heavy (non-hydrogen) atoms. The lowest BCUT2D eigenvalue weighted by Gasteiger charge is -2.27. The van der Waals surface area contributed by atoms with E-state index in [9.17, 15) is 9.59 Å². The van der Waals surface area contributed by atoms with E-state index < -0.39 is 0 Å². The highest BCUT2D eigenvalue weighted by Crippen LogP contribution is 2.12. The molecular formula is C15H21N3O2. The van der Waals surface area contributed by atoms with Gasteiger partial charge in [0.15, 0.2) is 0 Å². The molecule has 5 nitrogen and oxygen atoms in total. The van der Waals surface area contributed by atoms with Crippen LogP contribution >= 0.6 is 0 Å². The minimum Gasteiger partial charge on any atom is -0.343 e. The minimum atomic E-state index is -0.185. The zero-order chi connectivity index (χ0) is 14.5. The first-order valence-corrected chi connectivity index (χ1v) is 6.92. The van der Waals surface area contributed by atoms with Crippen LogP contribution in [0.15, 0.2) is 18.2 Å². The van der Waals surface area contributed by atoms with Gasteiger partial charge in [0, 0.05) is 31.7 Å².